The van der Waals surface area contributed by atoms with E-state index in [-0.39, 0.29) is 35.3 Å². The molecule has 2 aliphatic rings. The average molecular weight is 446 g/mol. The zero-order valence-electron chi connectivity index (χ0n) is 17.8. The van der Waals surface area contributed by atoms with Gasteiger partial charge >= 0.3 is 0 Å². The summed E-state index contributed by atoms with van der Waals surface area (Å²) >= 11 is 0. The van der Waals surface area contributed by atoms with E-state index >= 15 is 0 Å². The highest BCUT2D eigenvalue weighted by Gasteiger charge is 2.30. The first kappa shape index (κ1) is 21.9. The van der Waals surface area contributed by atoms with Crippen molar-refractivity contribution in [3.63, 3.8) is 0 Å². The van der Waals surface area contributed by atoms with Gasteiger partial charge in [-0.1, -0.05) is 6.92 Å². The first-order valence-corrected chi connectivity index (χ1v) is 10.4. The van der Waals surface area contributed by atoms with Crippen LogP contribution in [0, 0.1) is 11.8 Å². The molecule has 2 aromatic rings. The van der Waals surface area contributed by atoms with Crippen molar-refractivity contribution in [2.75, 3.05) is 43.4 Å². The number of hydrogen-bond donors (Lipinski definition) is 2. The Labute approximate surface area is 183 Å². The predicted octanol–water partition coefficient (Wildman–Crippen LogP) is 1.55. The second-order valence-corrected chi connectivity index (χ2v) is 7.61. The van der Waals surface area contributed by atoms with Gasteiger partial charge in [-0.05, 0) is 18.6 Å². The molecule has 9 nitrogen and oxygen atoms in total. The number of halogens is 2. The number of fused-ring (bicyclic) bond motifs is 1. The van der Waals surface area contributed by atoms with E-state index in [2.05, 4.69) is 20.6 Å². The van der Waals surface area contributed by atoms with Gasteiger partial charge in [-0.25, -0.2) is 9.37 Å². The van der Waals surface area contributed by atoms with Crippen molar-refractivity contribution < 1.29 is 23.1 Å². The Morgan fingerprint density at radius 1 is 1.28 bits per heavy atom. The van der Waals surface area contributed by atoms with Crippen LogP contribution in [0.2, 0.25) is 0 Å². The summed E-state index contributed by atoms with van der Waals surface area (Å²) in [5, 5.41) is 4.99. The van der Waals surface area contributed by atoms with Gasteiger partial charge in [0.1, 0.15) is 11.4 Å². The predicted molar refractivity (Wildman–Crippen MR) is 113 cm³/mol. The lowest BCUT2D eigenvalue weighted by molar-refractivity contribution is -0.123. The maximum Gasteiger partial charge on any atom is 0.269 e. The van der Waals surface area contributed by atoms with Crippen LogP contribution >= 0.6 is 0 Å². The Morgan fingerprint density at radius 3 is 2.69 bits per heavy atom. The lowest BCUT2D eigenvalue weighted by Crippen LogP contribution is -2.46. The van der Waals surface area contributed by atoms with Crippen molar-refractivity contribution in [2.45, 2.75) is 26.0 Å². The van der Waals surface area contributed by atoms with Crippen molar-refractivity contribution >= 4 is 23.2 Å². The minimum Gasteiger partial charge on any atom is -0.477 e. The van der Waals surface area contributed by atoms with E-state index in [1.165, 1.54) is 19.3 Å². The summed E-state index contributed by atoms with van der Waals surface area (Å²) in [4.78, 5) is 35.4. The zero-order valence-corrected chi connectivity index (χ0v) is 17.8. The van der Waals surface area contributed by atoms with Crippen LogP contribution in [0.3, 0.4) is 0 Å². The number of nitrogens with zero attached hydrogens (tertiary/aromatic N) is 4. The van der Waals surface area contributed by atoms with E-state index in [1.54, 1.807) is 6.07 Å². The molecule has 0 spiro atoms. The van der Waals surface area contributed by atoms with Gasteiger partial charge in [0.05, 0.1) is 17.6 Å². The van der Waals surface area contributed by atoms with E-state index in [9.17, 15) is 18.4 Å². The van der Waals surface area contributed by atoms with Crippen molar-refractivity contribution in [3.05, 3.63) is 41.5 Å². The van der Waals surface area contributed by atoms with Crippen LogP contribution in [-0.2, 0) is 11.3 Å². The molecule has 170 valence electrons. The smallest absolute Gasteiger partial charge is 0.269 e. The van der Waals surface area contributed by atoms with Crippen LogP contribution in [0.25, 0.3) is 0 Å². The first-order valence-electron chi connectivity index (χ1n) is 10.4. The number of anilines is 2. The number of ether oxygens (including phenoxy) is 1. The summed E-state index contributed by atoms with van der Waals surface area (Å²) in [6.45, 7) is 4.16. The Bertz CT molecular complexity index is 1040. The van der Waals surface area contributed by atoms with Gasteiger partial charge in [0.25, 0.3) is 11.8 Å². The molecule has 0 aromatic carbocycles. The van der Waals surface area contributed by atoms with E-state index in [1.807, 2.05) is 16.7 Å². The van der Waals surface area contributed by atoms with Crippen LogP contribution < -0.4 is 20.3 Å². The maximum absolute atomic E-state index is 15.0. The standard InChI is InChI=1S/C21H24F2N6O3/c1-3-15-21(31)27-18-16(32-15)10-25-13(17(18)22)11-28-6-8-29(9-7-28)14-5-4-12(20(30)24-2)26-19(14)23/h4-5,10,15H,3,6-9,11H2,1-2H3,(H,24,30)(H,27,31)/t15-/m1/s1. The Balaban J connectivity index is 1.40. The van der Waals surface area contributed by atoms with E-state index in [0.717, 1.165) is 0 Å². The summed E-state index contributed by atoms with van der Waals surface area (Å²) in [6, 6.07) is 3.02. The van der Waals surface area contributed by atoms with Gasteiger partial charge in [-0.15, -0.1) is 0 Å². The molecule has 1 fully saturated rings. The van der Waals surface area contributed by atoms with Crippen LogP contribution in [0.4, 0.5) is 20.2 Å². The second kappa shape index (κ2) is 9.03. The molecular formula is C21H24F2N6O3. The number of amides is 2. The maximum atomic E-state index is 15.0. The topological polar surface area (TPSA) is 99.7 Å². The molecule has 1 atom stereocenters. The number of carbonyl (C=O) groups excluding carboxylic acids is 2. The van der Waals surface area contributed by atoms with Crippen LogP contribution in [0.5, 0.6) is 5.75 Å². The largest absolute Gasteiger partial charge is 0.477 e. The third-order valence-electron chi connectivity index (χ3n) is 5.61. The highest BCUT2D eigenvalue weighted by molar-refractivity contribution is 5.97. The summed E-state index contributed by atoms with van der Waals surface area (Å²) in [5.41, 5.74) is 0.565. The minimum absolute atomic E-state index is 0.0164. The molecule has 4 heterocycles. The van der Waals surface area contributed by atoms with Gasteiger partial charge in [0.2, 0.25) is 5.95 Å². The SMILES string of the molecule is CC[C@H]1Oc2cnc(CN3CCN(c4ccc(C(=O)NC)nc4F)CC3)c(F)c2NC1=O. The van der Waals surface area contributed by atoms with Gasteiger partial charge in [0.15, 0.2) is 17.7 Å². The zero-order chi connectivity index (χ0) is 22.8. The van der Waals surface area contributed by atoms with Gasteiger partial charge in [0, 0.05) is 39.8 Å². The number of pyridine rings is 2. The summed E-state index contributed by atoms with van der Waals surface area (Å²) in [5.74, 6) is -1.91. The fourth-order valence-electron chi connectivity index (χ4n) is 3.78. The summed E-state index contributed by atoms with van der Waals surface area (Å²) in [6.07, 6.45) is 1.26. The molecule has 11 heteroatoms. The van der Waals surface area contributed by atoms with Crippen LogP contribution in [0.1, 0.15) is 29.5 Å². The Kier molecular flexibility index (Phi) is 6.17. The normalized spacial score (nSPS) is 18.6. The van der Waals surface area contributed by atoms with Crippen molar-refractivity contribution in [3.8, 4) is 5.75 Å². The molecule has 0 saturated carbocycles. The number of piperazine rings is 1. The number of carbonyl (C=O) groups is 2. The molecule has 32 heavy (non-hydrogen) atoms. The monoisotopic (exact) mass is 446 g/mol. The molecule has 0 radical (unpaired) electrons. The number of aromatic nitrogens is 2. The third-order valence-corrected chi connectivity index (χ3v) is 5.61. The number of rotatable bonds is 5. The Hall–Kier alpha value is -3.34. The quantitative estimate of drug-likeness (QED) is 0.673. The van der Waals surface area contributed by atoms with Crippen molar-refractivity contribution in [2.24, 2.45) is 0 Å². The van der Waals surface area contributed by atoms with E-state index < -0.39 is 23.8 Å². The Morgan fingerprint density at radius 2 is 2.03 bits per heavy atom. The molecular weight excluding hydrogens is 422 g/mol. The van der Waals surface area contributed by atoms with Crippen molar-refractivity contribution in [1.82, 2.24) is 20.2 Å². The number of nitrogens with one attached hydrogen (secondary N) is 2. The van der Waals surface area contributed by atoms with Crippen LogP contribution in [0.15, 0.2) is 18.3 Å². The molecule has 2 aliphatic heterocycles. The fourth-order valence-corrected chi connectivity index (χ4v) is 3.78. The lowest BCUT2D eigenvalue weighted by atomic mass is 10.1. The van der Waals surface area contributed by atoms with Gasteiger partial charge in [-0.3, -0.25) is 19.5 Å². The molecule has 0 bridgehead atoms. The fraction of sp³-hybridized carbons (Fsp3) is 0.429. The van der Waals surface area contributed by atoms with E-state index in [4.69, 9.17) is 4.74 Å². The molecule has 1 saturated heterocycles. The third kappa shape index (κ3) is 4.20. The number of hydrogen-bond acceptors (Lipinski definition) is 7. The van der Waals surface area contributed by atoms with Gasteiger partial charge in [-0.2, -0.15) is 4.39 Å². The highest BCUT2D eigenvalue weighted by Crippen LogP contribution is 2.33. The first-order chi connectivity index (χ1) is 15.4. The molecule has 2 aromatic heterocycles. The van der Waals surface area contributed by atoms with Gasteiger partial charge < -0.3 is 20.3 Å². The highest BCUT2D eigenvalue weighted by atomic mass is 19.1. The molecule has 0 aliphatic carbocycles. The molecule has 4 rings (SSSR count). The molecule has 2 N–H and O–H groups in total. The minimum atomic E-state index is -0.705. The van der Waals surface area contributed by atoms with Crippen LogP contribution in [-0.4, -0.2) is 66.0 Å². The van der Waals surface area contributed by atoms with E-state index in [0.29, 0.717) is 38.3 Å². The molecule has 0 unspecified atom stereocenters. The summed E-state index contributed by atoms with van der Waals surface area (Å²) in [7, 11) is 1.46. The molecule has 2 amide bonds. The average Bonchev–Trinajstić information content (AvgIpc) is 2.81. The second-order valence-electron chi connectivity index (χ2n) is 7.61. The summed E-state index contributed by atoms with van der Waals surface area (Å²) < 4.78 is 34.9. The van der Waals surface area contributed by atoms with Crippen molar-refractivity contribution in [1.29, 1.82) is 0 Å². The lowest BCUT2D eigenvalue weighted by Gasteiger charge is -2.36.